The van der Waals surface area contributed by atoms with Gasteiger partial charge in [0, 0.05) is 6.61 Å². The van der Waals surface area contributed by atoms with Crippen LogP contribution >= 0.6 is 0 Å². The van der Waals surface area contributed by atoms with E-state index in [9.17, 15) is 5.11 Å². The molecule has 0 aliphatic heterocycles. The summed E-state index contributed by atoms with van der Waals surface area (Å²) in [5.41, 5.74) is 1.29. The molecule has 0 spiro atoms. The van der Waals surface area contributed by atoms with Crippen LogP contribution in [0.2, 0.25) is 0 Å². The van der Waals surface area contributed by atoms with Crippen LogP contribution in [0.5, 0.6) is 5.75 Å². The van der Waals surface area contributed by atoms with Gasteiger partial charge in [0.05, 0.1) is 7.11 Å². The van der Waals surface area contributed by atoms with E-state index in [1.54, 1.807) is 7.11 Å². The van der Waals surface area contributed by atoms with Gasteiger partial charge in [-0.15, -0.1) is 0 Å². The largest absolute Gasteiger partial charge is 0.497 e. The highest BCUT2D eigenvalue weighted by atomic mass is 16.5. The van der Waals surface area contributed by atoms with Gasteiger partial charge in [-0.25, -0.2) is 0 Å². The molecular formula is C18H30O2. The predicted molar refractivity (Wildman–Crippen MR) is 85.2 cm³/mol. The molecule has 0 bridgehead atoms. The molecule has 2 atom stereocenters. The minimum atomic E-state index is 0.286. The van der Waals surface area contributed by atoms with Crippen molar-refractivity contribution in [3.63, 3.8) is 0 Å². The molecule has 0 aliphatic carbocycles. The Kier molecular flexibility index (Phi) is 8.36. The fourth-order valence-electron chi connectivity index (χ4n) is 2.77. The highest BCUT2D eigenvalue weighted by Crippen LogP contribution is 2.24. The summed E-state index contributed by atoms with van der Waals surface area (Å²) in [5, 5.41) is 9.63. The molecule has 0 saturated carbocycles. The van der Waals surface area contributed by atoms with E-state index in [4.69, 9.17) is 4.74 Å². The van der Waals surface area contributed by atoms with E-state index in [1.165, 1.54) is 31.2 Å². The molecule has 114 valence electrons. The number of hydrogen-bond donors (Lipinski definition) is 1. The van der Waals surface area contributed by atoms with E-state index >= 15 is 0 Å². The monoisotopic (exact) mass is 278 g/mol. The molecule has 20 heavy (non-hydrogen) atoms. The number of unbranched alkanes of at least 4 members (excludes halogenated alkanes) is 1. The van der Waals surface area contributed by atoms with Crippen molar-refractivity contribution in [3.05, 3.63) is 29.8 Å². The Labute approximate surface area is 124 Å². The molecule has 1 rings (SSSR count). The van der Waals surface area contributed by atoms with Gasteiger partial charge >= 0.3 is 0 Å². The van der Waals surface area contributed by atoms with E-state index in [0.29, 0.717) is 5.92 Å². The first-order chi connectivity index (χ1) is 9.73. The molecule has 1 N–H and O–H groups in total. The fraction of sp³-hybridized carbons (Fsp3) is 0.667. The lowest BCUT2D eigenvalue weighted by Crippen LogP contribution is -2.15. The van der Waals surface area contributed by atoms with Gasteiger partial charge in [0.15, 0.2) is 0 Å². The first kappa shape index (κ1) is 17.0. The quantitative estimate of drug-likeness (QED) is 0.685. The van der Waals surface area contributed by atoms with Crippen molar-refractivity contribution < 1.29 is 9.84 Å². The molecule has 0 aromatic heterocycles. The van der Waals surface area contributed by atoms with Gasteiger partial charge in [-0.3, -0.25) is 0 Å². The molecule has 2 nitrogen and oxygen atoms in total. The lowest BCUT2D eigenvalue weighted by molar-refractivity contribution is 0.194. The maximum Gasteiger partial charge on any atom is 0.118 e. The highest BCUT2D eigenvalue weighted by molar-refractivity contribution is 5.27. The molecule has 0 radical (unpaired) electrons. The topological polar surface area (TPSA) is 29.5 Å². The molecule has 0 fully saturated rings. The van der Waals surface area contributed by atoms with E-state index in [0.717, 1.165) is 24.5 Å². The first-order valence-corrected chi connectivity index (χ1v) is 7.97. The van der Waals surface area contributed by atoms with Gasteiger partial charge < -0.3 is 9.84 Å². The van der Waals surface area contributed by atoms with E-state index in [-0.39, 0.29) is 6.61 Å². The van der Waals surface area contributed by atoms with Crippen LogP contribution < -0.4 is 4.74 Å². The summed E-state index contributed by atoms with van der Waals surface area (Å²) in [6, 6.07) is 8.21. The summed E-state index contributed by atoms with van der Waals surface area (Å²) < 4.78 is 5.18. The summed E-state index contributed by atoms with van der Waals surface area (Å²) >= 11 is 0. The SMILES string of the molecule is CCCCC(CC)CC(CO)Cc1ccc(OC)cc1. The lowest BCUT2D eigenvalue weighted by atomic mass is 9.86. The van der Waals surface area contributed by atoms with Gasteiger partial charge in [0.2, 0.25) is 0 Å². The van der Waals surface area contributed by atoms with Crippen LogP contribution in [-0.4, -0.2) is 18.8 Å². The van der Waals surface area contributed by atoms with Crippen molar-refractivity contribution in [2.24, 2.45) is 11.8 Å². The molecular weight excluding hydrogens is 248 g/mol. The molecule has 1 aromatic rings. The Hall–Kier alpha value is -1.02. The predicted octanol–water partition coefficient (Wildman–Crippen LogP) is 4.45. The third kappa shape index (κ3) is 5.96. The Balaban J connectivity index is 2.51. The molecule has 0 amide bonds. The van der Waals surface area contributed by atoms with Crippen molar-refractivity contribution in [1.82, 2.24) is 0 Å². The molecule has 0 aliphatic rings. The highest BCUT2D eigenvalue weighted by Gasteiger charge is 2.15. The van der Waals surface area contributed by atoms with E-state index < -0.39 is 0 Å². The minimum Gasteiger partial charge on any atom is -0.497 e. The number of methoxy groups -OCH3 is 1. The maximum atomic E-state index is 9.63. The minimum absolute atomic E-state index is 0.286. The second-order valence-electron chi connectivity index (χ2n) is 5.75. The number of rotatable bonds is 10. The van der Waals surface area contributed by atoms with Crippen molar-refractivity contribution in [2.75, 3.05) is 13.7 Å². The van der Waals surface area contributed by atoms with Crippen molar-refractivity contribution in [1.29, 1.82) is 0 Å². The molecule has 0 saturated heterocycles. The van der Waals surface area contributed by atoms with Crippen LogP contribution in [0.1, 0.15) is 51.5 Å². The first-order valence-electron chi connectivity index (χ1n) is 7.97. The molecule has 2 heteroatoms. The Morgan fingerprint density at radius 3 is 2.30 bits per heavy atom. The van der Waals surface area contributed by atoms with Crippen LogP contribution in [0.25, 0.3) is 0 Å². The summed E-state index contributed by atoms with van der Waals surface area (Å²) in [7, 11) is 1.69. The van der Waals surface area contributed by atoms with Crippen LogP contribution in [0.3, 0.4) is 0 Å². The number of benzene rings is 1. The van der Waals surface area contributed by atoms with Gasteiger partial charge in [-0.2, -0.15) is 0 Å². The zero-order valence-electron chi connectivity index (χ0n) is 13.3. The maximum absolute atomic E-state index is 9.63. The zero-order chi connectivity index (χ0) is 14.8. The number of ether oxygens (including phenoxy) is 1. The summed E-state index contributed by atoms with van der Waals surface area (Å²) in [6.45, 7) is 4.80. The summed E-state index contributed by atoms with van der Waals surface area (Å²) in [5.74, 6) is 2.03. The van der Waals surface area contributed by atoms with Crippen molar-refractivity contribution in [2.45, 2.75) is 52.4 Å². The van der Waals surface area contributed by atoms with Crippen LogP contribution in [-0.2, 0) is 6.42 Å². The van der Waals surface area contributed by atoms with Crippen molar-refractivity contribution in [3.8, 4) is 5.75 Å². The second-order valence-corrected chi connectivity index (χ2v) is 5.75. The Morgan fingerprint density at radius 1 is 1.10 bits per heavy atom. The smallest absolute Gasteiger partial charge is 0.118 e. The van der Waals surface area contributed by atoms with Gasteiger partial charge in [0.1, 0.15) is 5.75 Å². The fourth-order valence-corrected chi connectivity index (χ4v) is 2.77. The molecule has 2 unspecified atom stereocenters. The summed E-state index contributed by atoms with van der Waals surface area (Å²) in [6.07, 6.45) is 7.19. The average Bonchev–Trinajstić information content (AvgIpc) is 2.50. The Bertz CT molecular complexity index is 345. The second kappa shape index (κ2) is 9.82. The van der Waals surface area contributed by atoms with Crippen LogP contribution in [0.15, 0.2) is 24.3 Å². The Morgan fingerprint density at radius 2 is 1.80 bits per heavy atom. The molecule has 1 aromatic carbocycles. The number of aliphatic hydroxyl groups excluding tert-OH is 1. The van der Waals surface area contributed by atoms with Crippen LogP contribution in [0, 0.1) is 11.8 Å². The lowest BCUT2D eigenvalue weighted by Gasteiger charge is -2.21. The third-order valence-electron chi connectivity index (χ3n) is 4.15. The van der Waals surface area contributed by atoms with Gasteiger partial charge in [-0.05, 0) is 42.4 Å². The van der Waals surface area contributed by atoms with Crippen molar-refractivity contribution >= 4 is 0 Å². The number of aliphatic hydroxyl groups is 1. The average molecular weight is 278 g/mol. The van der Waals surface area contributed by atoms with Gasteiger partial charge in [-0.1, -0.05) is 51.7 Å². The van der Waals surface area contributed by atoms with E-state index in [1.807, 2.05) is 12.1 Å². The summed E-state index contributed by atoms with van der Waals surface area (Å²) in [4.78, 5) is 0. The van der Waals surface area contributed by atoms with Gasteiger partial charge in [0.25, 0.3) is 0 Å². The standard InChI is InChI=1S/C18H30O2/c1-4-6-7-15(5-2)12-17(14-19)13-16-8-10-18(20-3)11-9-16/h8-11,15,17,19H,4-7,12-14H2,1-3H3. The van der Waals surface area contributed by atoms with E-state index in [2.05, 4.69) is 26.0 Å². The molecule has 0 heterocycles. The zero-order valence-corrected chi connectivity index (χ0v) is 13.3. The third-order valence-corrected chi connectivity index (χ3v) is 4.15. The van der Waals surface area contributed by atoms with Crippen LogP contribution in [0.4, 0.5) is 0 Å². The number of hydrogen-bond acceptors (Lipinski definition) is 2. The normalized spacial score (nSPS) is 14.0.